The van der Waals surface area contributed by atoms with Gasteiger partial charge in [0.15, 0.2) is 6.61 Å². The SMILES string of the molecule is FC(F)(F)Oc1cccc(C#CCOc2nsnc2C23CN4CC2C3C4)c1. The summed E-state index contributed by atoms with van der Waals surface area (Å²) in [5, 5.41) is 0. The molecule has 0 N–H and O–H groups in total. The van der Waals surface area contributed by atoms with Crippen LogP contribution in [0.1, 0.15) is 11.3 Å². The van der Waals surface area contributed by atoms with Crippen LogP contribution in [-0.2, 0) is 5.41 Å². The Kier molecular flexibility index (Phi) is 3.64. The van der Waals surface area contributed by atoms with E-state index < -0.39 is 6.36 Å². The van der Waals surface area contributed by atoms with Crippen molar-refractivity contribution in [2.75, 3.05) is 26.2 Å². The number of benzene rings is 1. The summed E-state index contributed by atoms with van der Waals surface area (Å²) in [5.41, 5.74) is 1.49. The van der Waals surface area contributed by atoms with Crippen molar-refractivity contribution in [3.63, 3.8) is 0 Å². The predicted octanol–water partition coefficient (Wildman–Crippen LogP) is 2.68. The number of nitrogens with zero attached hydrogens (tertiary/aromatic N) is 3. The second-order valence-corrected chi connectivity index (χ2v) is 7.56. The zero-order valence-electron chi connectivity index (χ0n) is 14.0. The molecule has 9 heteroatoms. The second kappa shape index (κ2) is 5.84. The molecule has 4 fully saturated rings. The van der Waals surface area contributed by atoms with Gasteiger partial charge in [-0.3, -0.25) is 0 Å². The van der Waals surface area contributed by atoms with Crippen molar-refractivity contribution >= 4 is 11.7 Å². The van der Waals surface area contributed by atoms with Gasteiger partial charge in [-0.1, -0.05) is 17.9 Å². The maximum absolute atomic E-state index is 12.3. The summed E-state index contributed by atoms with van der Waals surface area (Å²) >= 11 is 1.15. The van der Waals surface area contributed by atoms with Crippen molar-refractivity contribution in [1.29, 1.82) is 0 Å². The third-order valence-electron chi connectivity index (χ3n) is 5.58. The molecular weight excluding hydrogens is 379 g/mol. The van der Waals surface area contributed by atoms with Crippen LogP contribution in [0, 0.1) is 23.7 Å². The van der Waals surface area contributed by atoms with Gasteiger partial charge >= 0.3 is 6.36 Å². The molecule has 0 radical (unpaired) electrons. The highest BCUT2D eigenvalue weighted by Crippen LogP contribution is 2.70. The van der Waals surface area contributed by atoms with Gasteiger partial charge in [-0.15, -0.1) is 17.5 Å². The zero-order valence-corrected chi connectivity index (χ0v) is 14.8. The minimum atomic E-state index is -4.72. The Morgan fingerprint density at radius 3 is 2.78 bits per heavy atom. The van der Waals surface area contributed by atoms with Crippen LogP contribution in [0.2, 0.25) is 0 Å². The van der Waals surface area contributed by atoms with Gasteiger partial charge in [0.25, 0.3) is 5.88 Å². The van der Waals surface area contributed by atoms with Crippen LogP contribution < -0.4 is 9.47 Å². The molecule has 4 heterocycles. The molecule has 1 aliphatic carbocycles. The van der Waals surface area contributed by atoms with E-state index >= 15 is 0 Å². The number of rotatable bonds is 4. The minimum absolute atomic E-state index is 0.0951. The molecule has 5 nitrogen and oxygen atoms in total. The first-order chi connectivity index (χ1) is 13.0. The van der Waals surface area contributed by atoms with Gasteiger partial charge < -0.3 is 14.4 Å². The van der Waals surface area contributed by atoms with Gasteiger partial charge in [-0.25, -0.2) is 0 Å². The van der Waals surface area contributed by atoms with Crippen molar-refractivity contribution < 1.29 is 22.6 Å². The highest BCUT2D eigenvalue weighted by molar-refractivity contribution is 6.99. The average molecular weight is 393 g/mol. The molecule has 4 aliphatic rings. The van der Waals surface area contributed by atoms with Crippen LogP contribution in [0.4, 0.5) is 13.2 Å². The normalized spacial score (nSPS) is 30.0. The Morgan fingerprint density at radius 1 is 1.26 bits per heavy atom. The van der Waals surface area contributed by atoms with Crippen molar-refractivity contribution in [2.45, 2.75) is 11.8 Å². The first-order valence-corrected chi connectivity index (χ1v) is 9.21. The Balaban J connectivity index is 1.24. The molecular formula is C18H14F3N3O2S. The van der Waals surface area contributed by atoms with Crippen molar-refractivity contribution in [3.8, 4) is 23.5 Å². The molecule has 1 aromatic carbocycles. The van der Waals surface area contributed by atoms with Gasteiger partial charge in [0.2, 0.25) is 0 Å². The number of aromatic nitrogens is 2. The monoisotopic (exact) mass is 393 g/mol. The van der Waals surface area contributed by atoms with E-state index in [9.17, 15) is 13.2 Å². The smallest absolute Gasteiger partial charge is 0.463 e. The molecule has 1 aromatic heterocycles. The van der Waals surface area contributed by atoms with Gasteiger partial charge in [-0.2, -0.15) is 4.37 Å². The summed E-state index contributed by atoms with van der Waals surface area (Å²) in [6.45, 7) is 3.40. The lowest BCUT2D eigenvalue weighted by molar-refractivity contribution is -0.274. The quantitative estimate of drug-likeness (QED) is 0.748. The lowest BCUT2D eigenvalue weighted by Gasteiger charge is -2.09. The Bertz CT molecular complexity index is 937. The standard InChI is InChI=1S/C18H14F3N3O2S/c19-18(20,21)26-12-5-1-3-11(7-12)4-2-6-25-16-15(22-27-23-16)17-10-24-8-13(17)14(17)9-24/h1,3,5,7,13-14H,6,8-10H2. The van der Waals surface area contributed by atoms with E-state index in [0.717, 1.165) is 37.1 Å². The molecule has 2 aromatic rings. The molecule has 0 spiro atoms. The Morgan fingerprint density at radius 2 is 2.07 bits per heavy atom. The second-order valence-electron chi connectivity index (χ2n) is 7.03. The summed E-state index contributed by atoms with van der Waals surface area (Å²) in [6.07, 6.45) is -4.72. The number of ether oxygens (including phenoxy) is 2. The van der Waals surface area contributed by atoms with Crippen LogP contribution >= 0.6 is 11.7 Å². The van der Waals surface area contributed by atoms with Crippen LogP contribution in [-0.4, -0.2) is 46.3 Å². The van der Waals surface area contributed by atoms with Crippen LogP contribution in [0.15, 0.2) is 24.3 Å². The van der Waals surface area contributed by atoms with E-state index in [1.807, 2.05) is 0 Å². The fraction of sp³-hybridized carbons (Fsp3) is 0.444. The van der Waals surface area contributed by atoms with Crippen LogP contribution in [0.5, 0.6) is 11.6 Å². The average Bonchev–Trinajstić information content (AvgIpc) is 3.19. The number of alkyl halides is 3. The summed E-state index contributed by atoms with van der Waals surface area (Å²) < 4.78 is 55.2. The molecule has 140 valence electrons. The number of halogens is 3. The Hall–Kier alpha value is -2.31. The fourth-order valence-electron chi connectivity index (χ4n) is 4.55. The molecule has 6 rings (SSSR count). The van der Waals surface area contributed by atoms with E-state index in [2.05, 4.69) is 30.2 Å². The van der Waals surface area contributed by atoms with Crippen LogP contribution in [0.25, 0.3) is 0 Å². The maximum Gasteiger partial charge on any atom is 0.573 e. The van der Waals surface area contributed by atoms with Gasteiger partial charge in [0.05, 0.1) is 11.7 Å². The number of piperidine rings is 3. The van der Waals surface area contributed by atoms with E-state index in [-0.39, 0.29) is 17.8 Å². The summed E-state index contributed by atoms with van der Waals surface area (Å²) in [4.78, 5) is 2.45. The number of hydrogen-bond donors (Lipinski definition) is 0. The summed E-state index contributed by atoms with van der Waals surface area (Å²) in [6, 6.07) is 5.54. The summed E-state index contributed by atoms with van der Waals surface area (Å²) in [5.74, 6) is 7.19. The van der Waals surface area contributed by atoms with Crippen molar-refractivity contribution in [3.05, 3.63) is 35.5 Å². The first kappa shape index (κ1) is 16.8. The van der Waals surface area contributed by atoms with E-state index in [4.69, 9.17) is 4.74 Å². The predicted molar refractivity (Wildman–Crippen MR) is 90.5 cm³/mol. The molecule has 1 saturated carbocycles. The molecule has 3 aliphatic heterocycles. The minimum Gasteiger partial charge on any atom is -0.463 e. The highest BCUT2D eigenvalue weighted by atomic mass is 32.1. The summed E-state index contributed by atoms with van der Waals surface area (Å²) in [7, 11) is 0. The van der Waals surface area contributed by atoms with E-state index in [0.29, 0.717) is 23.3 Å². The zero-order chi connectivity index (χ0) is 18.6. The molecule has 27 heavy (non-hydrogen) atoms. The highest BCUT2D eigenvalue weighted by Gasteiger charge is 2.76. The van der Waals surface area contributed by atoms with E-state index in [1.165, 1.54) is 18.2 Å². The Labute approximate surface area is 157 Å². The van der Waals surface area contributed by atoms with Crippen molar-refractivity contribution in [2.24, 2.45) is 11.8 Å². The van der Waals surface area contributed by atoms with E-state index in [1.54, 1.807) is 6.07 Å². The third kappa shape index (κ3) is 2.84. The topological polar surface area (TPSA) is 47.5 Å². The molecule has 2 unspecified atom stereocenters. The fourth-order valence-corrected chi connectivity index (χ4v) is 5.13. The number of hydrogen-bond acceptors (Lipinski definition) is 6. The maximum atomic E-state index is 12.3. The molecule has 4 bridgehead atoms. The lowest BCUT2D eigenvalue weighted by Crippen LogP contribution is -2.17. The third-order valence-corrected chi connectivity index (χ3v) is 6.09. The molecule has 2 atom stereocenters. The van der Waals surface area contributed by atoms with Gasteiger partial charge in [0.1, 0.15) is 11.4 Å². The van der Waals surface area contributed by atoms with Crippen LogP contribution in [0.3, 0.4) is 0 Å². The lowest BCUT2D eigenvalue weighted by atomic mass is 10.0. The first-order valence-electron chi connectivity index (χ1n) is 8.48. The largest absolute Gasteiger partial charge is 0.573 e. The molecule has 3 saturated heterocycles. The molecule has 0 amide bonds. The van der Waals surface area contributed by atoms with Crippen molar-refractivity contribution in [1.82, 2.24) is 13.6 Å². The van der Waals surface area contributed by atoms with Gasteiger partial charge in [-0.05, 0) is 30.0 Å². The van der Waals surface area contributed by atoms with Gasteiger partial charge in [0, 0.05) is 30.6 Å².